The zero-order valence-corrected chi connectivity index (χ0v) is 49.6. The molecule has 0 radical (unpaired) electrons. The lowest BCUT2D eigenvalue weighted by Gasteiger charge is -2.24. The molecule has 0 spiro atoms. The Labute approximate surface area is 501 Å². The van der Waals surface area contributed by atoms with Crippen LogP contribution >= 0.6 is 0 Å². The predicted molar refractivity (Wildman–Crippen MR) is 307 cm³/mol. The maximum Gasteiger partial charge on any atom is 0.471 e. The highest BCUT2D eigenvalue weighted by Crippen LogP contribution is 2.22. The predicted octanol–water partition coefficient (Wildman–Crippen LogP) is 8.22. The third-order valence-corrected chi connectivity index (χ3v) is 11.6. The monoisotopic (exact) mass is 1220 g/mol. The van der Waals surface area contributed by atoms with Crippen LogP contribution in [0.4, 0.5) is 42.5 Å². The van der Waals surface area contributed by atoms with Gasteiger partial charge in [-0.2, -0.15) is 26.3 Å². The highest BCUT2D eigenvalue weighted by Gasteiger charge is 2.39. The average molecular weight is 1220 g/mol. The largest absolute Gasteiger partial charge is 0.471 e. The molecule has 3 N–H and O–H groups in total. The van der Waals surface area contributed by atoms with E-state index in [1.54, 1.807) is 83.4 Å². The Morgan fingerprint density at radius 1 is 0.460 bits per heavy atom. The van der Waals surface area contributed by atoms with Crippen molar-refractivity contribution in [2.75, 3.05) is 76.3 Å². The van der Waals surface area contributed by atoms with Crippen molar-refractivity contribution in [1.82, 2.24) is 30.0 Å². The zero-order valence-electron chi connectivity index (χ0n) is 49.6. The molecule has 0 aliphatic heterocycles. The van der Waals surface area contributed by atoms with Crippen molar-refractivity contribution < 1.29 is 83.6 Å². The molecule has 87 heavy (non-hydrogen) atoms. The fraction of sp³-hybridized carbons (Fsp3) is 0.459. The van der Waals surface area contributed by atoms with Crippen LogP contribution in [0.3, 0.4) is 0 Å². The van der Waals surface area contributed by atoms with E-state index in [4.69, 9.17) is 33.7 Å². The molecular formula is C61H72F6N8O12. The minimum Gasteiger partial charge on any atom is -0.465 e. The summed E-state index contributed by atoms with van der Waals surface area (Å²) in [6, 6.07) is 17.5. The Balaban J connectivity index is 1.85. The van der Waals surface area contributed by atoms with E-state index in [-0.39, 0.29) is 90.2 Å². The van der Waals surface area contributed by atoms with Crippen LogP contribution in [-0.2, 0) is 78.6 Å². The van der Waals surface area contributed by atoms with Gasteiger partial charge in [-0.05, 0) is 141 Å². The number of halogens is 6. The van der Waals surface area contributed by atoms with Crippen LogP contribution in [0.15, 0.2) is 72.8 Å². The van der Waals surface area contributed by atoms with Gasteiger partial charge in [0.25, 0.3) is 0 Å². The minimum atomic E-state index is -5.11. The van der Waals surface area contributed by atoms with Crippen molar-refractivity contribution >= 4 is 53.2 Å². The van der Waals surface area contributed by atoms with Crippen LogP contribution in [-0.4, -0.2) is 150 Å². The minimum absolute atomic E-state index is 0.0737. The molecule has 4 rings (SSSR count). The topological polar surface area (TPSA) is 237 Å². The number of hydrogen-bond donors (Lipinski definition) is 3. The standard InChI is InChI=1S/C61H72F6N8O12/c1-8-83-52(76)38-74(39-53(77)84-9-2)36-50-32-44(18-16-42-20-24-46(25-21-42)71-56(80)60(62,63)64)30-48(69-50)34-73(29-15-13-12-14-28-68-58(82)87-59(5,6)7)35-49-31-45(19-17-43-22-26-47(27-23-43)72-57(81)61(65,66)67)33-51(70-49)37-75(40-54(78)85-10-3)41-55(79)86-11-4/h20-27,30-33H,8-15,28-29,34-41H2,1-7H3,(H,68,82)(H,71,80)(H,72,81). The fourth-order valence-corrected chi connectivity index (χ4v) is 8.08. The van der Waals surface area contributed by atoms with E-state index in [9.17, 15) is 59.9 Å². The summed E-state index contributed by atoms with van der Waals surface area (Å²) in [7, 11) is 0. The highest BCUT2D eigenvalue weighted by atomic mass is 19.4. The molecule has 0 saturated heterocycles. The number of anilines is 2. The van der Waals surface area contributed by atoms with Crippen molar-refractivity contribution in [3.05, 3.63) is 118 Å². The molecule has 2 heterocycles. The first-order chi connectivity index (χ1) is 41.1. The molecule has 0 fully saturated rings. The van der Waals surface area contributed by atoms with E-state index in [0.29, 0.717) is 83.8 Å². The summed E-state index contributed by atoms with van der Waals surface area (Å²) in [5, 5.41) is 6.35. The van der Waals surface area contributed by atoms with E-state index < -0.39 is 59.7 Å². The van der Waals surface area contributed by atoms with Crippen molar-refractivity contribution in [3.8, 4) is 23.7 Å². The van der Waals surface area contributed by atoms with Gasteiger partial charge in [-0.15, -0.1) is 0 Å². The molecular weight excluding hydrogens is 1150 g/mol. The third kappa shape index (κ3) is 28.4. The number of nitrogens with one attached hydrogen (secondary N) is 3. The number of hydrogen-bond acceptors (Lipinski definition) is 17. The molecule has 20 nitrogen and oxygen atoms in total. The third-order valence-electron chi connectivity index (χ3n) is 11.6. The molecule has 470 valence electrons. The van der Waals surface area contributed by atoms with Gasteiger partial charge in [0.2, 0.25) is 0 Å². The highest BCUT2D eigenvalue weighted by molar-refractivity contribution is 5.95. The van der Waals surface area contributed by atoms with Gasteiger partial charge in [-0.3, -0.25) is 53.4 Å². The summed E-state index contributed by atoms with van der Waals surface area (Å²) in [5.41, 5.74) is 2.29. The van der Waals surface area contributed by atoms with E-state index in [2.05, 4.69) is 29.0 Å². The van der Waals surface area contributed by atoms with Gasteiger partial charge in [-0.1, -0.05) is 36.5 Å². The van der Waals surface area contributed by atoms with Gasteiger partial charge in [-0.25, -0.2) is 4.79 Å². The average Bonchev–Trinajstić information content (AvgIpc) is 3.56. The molecule has 0 aliphatic rings. The lowest BCUT2D eigenvalue weighted by Crippen LogP contribution is -2.36. The fourth-order valence-electron chi connectivity index (χ4n) is 8.08. The summed E-state index contributed by atoms with van der Waals surface area (Å²) in [6.45, 7) is 11.8. The lowest BCUT2D eigenvalue weighted by atomic mass is 10.1. The van der Waals surface area contributed by atoms with Crippen molar-refractivity contribution in [2.24, 2.45) is 0 Å². The van der Waals surface area contributed by atoms with Crippen molar-refractivity contribution in [2.45, 2.75) is 118 Å². The van der Waals surface area contributed by atoms with Gasteiger partial charge >= 0.3 is 54.1 Å². The molecule has 0 bridgehead atoms. The molecule has 4 aromatic rings. The summed E-state index contributed by atoms with van der Waals surface area (Å²) in [6.07, 6.45) is -8.10. The Kier molecular flexibility index (Phi) is 28.6. The van der Waals surface area contributed by atoms with Gasteiger partial charge in [0.15, 0.2) is 0 Å². The number of nitrogens with zero attached hydrogens (tertiary/aromatic N) is 5. The first kappa shape index (κ1) is 70.9. The number of carbonyl (C=O) groups excluding carboxylic acids is 7. The molecule has 0 atom stereocenters. The van der Waals surface area contributed by atoms with Crippen LogP contribution in [0, 0.1) is 23.7 Å². The second-order valence-electron chi connectivity index (χ2n) is 20.3. The molecule has 2 aromatic carbocycles. The number of unbranched alkanes of at least 4 members (excludes halogenated alkanes) is 3. The Hall–Kier alpha value is -8.59. The van der Waals surface area contributed by atoms with Crippen LogP contribution in [0.5, 0.6) is 0 Å². The maximum absolute atomic E-state index is 13.0. The summed E-state index contributed by atoms with van der Waals surface area (Å²) in [4.78, 5) is 102. The van der Waals surface area contributed by atoms with Gasteiger partial charge in [0.05, 0.1) is 75.4 Å². The quantitative estimate of drug-likeness (QED) is 0.0153. The number of benzene rings is 2. The van der Waals surface area contributed by atoms with Crippen LogP contribution < -0.4 is 16.0 Å². The summed E-state index contributed by atoms with van der Waals surface area (Å²) < 4.78 is 104. The number of esters is 4. The number of carbonyl (C=O) groups is 7. The first-order valence-electron chi connectivity index (χ1n) is 27.9. The van der Waals surface area contributed by atoms with Crippen LogP contribution in [0.25, 0.3) is 0 Å². The van der Waals surface area contributed by atoms with Crippen molar-refractivity contribution in [3.63, 3.8) is 0 Å². The number of alkyl halides is 6. The number of rotatable bonds is 29. The lowest BCUT2D eigenvalue weighted by molar-refractivity contribution is -0.167. The second-order valence-corrected chi connectivity index (χ2v) is 20.3. The van der Waals surface area contributed by atoms with Gasteiger partial charge in [0.1, 0.15) is 5.60 Å². The van der Waals surface area contributed by atoms with Gasteiger partial charge < -0.3 is 39.6 Å². The first-order valence-corrected chi connectivity index (χ1v) is 27.9. The Morgan fingerprint density at radius 3 is 1.10 bits per heavy atom. The second kappa shape index (κ2) is 35.1. The van der Waals surface area contributed by atoms with Gasteiger partial charge in [0, 0.05) is 66.4 Å². The number of amides is 3. The maximum atomic E-state index is 13.0. The molecule has 0 unspecified atom stereocenters. The Bertz CT molecular complexity index is 2870. The summed E-state index contributed by atoms with van der Waals surface area (Å²) >= 11 is 0. The molecule has 3 amide bonds. The van der Waals surface area contributed by atoms with E-state index in [0.717, 1.165) is 0 Å². The number of aromatic nitrogens is 2. The molecule has 0 aliphatic carbocycles. The summed E-state index contributed by atoms with van der Waals surface area (Å²) in [5.74, 6) is 5.38. The molecule has 2 aromatic heterocycles. The number of ether oxygens (including phenoxy) is 5. The SMILES string of the molecule is CCOC(=O)CN(CC(=O)OCC)Cc1cc(C#Cc2ccc(NC(=O)C(F)(F)F)cc2)cc(CN(CCCCCCNC(=O)OC(C)(C)C)Cc2cc(C#Cc3ccc(NC(=O)C(F)(F)F)cc3)cc(CN(CC(=O)OCC)CC(=O)OCC)n2)n1. The normalized spacial score (nSPS) is 11.4. The zero-order chi connectivity index (χ0) is 64.2. The van der Waals surface area contributed by atoms with E-state index in [1.165, 1.54) is 58.3 Å². The molecule has 0 saturated carbocycles. The molecule has 26 heteroatoms. The smallest absolute Gasteiger partial charge is 0.465 e. The number of alkyl carbamates (subject to hydrolysis) is 1. The van der Waals surface area contributed by atoms with E-state index >= 15 is 0 Å². The van der Waals surface area contributed by atoms with Crippen molar-refractivity contribution in [1.29, 1.82) is 0 Å². The van der Waals surface area contributed by atoms with Crippen LogP contribution in [0.2, 0.25) is 0 Å². The van der Waals surface area contributed by atoms with Crippen LogP contribution in [0.1, 0.15) is 119 Å². The number of pyridine rings is 2. The van der Waals surface area contributed by atoms with E-state index in [1.807, 2.05) is 4.90 Å². The Morgan fingerprint density at radius 2 is 0.782 bits per heavy atom.